The summed E-state index contributed by atoms with van der Waals surface area (Å²) < 4.78 is 13.2. The monoisotopic (exact) mass is 328 g/mol. The van der Waals surface area contributed by atoms with E-state index in [0.29, 0.717) is 13.0 Å². The van der Waals surface area contributed by atoms with Crippen LogP contribution in [0.4, 0.5) is 4.39 Å². The van der Waals surface area contributed by atoms with E-state index in [9.17, 15) is 14.0 Å². The zero-order valence-electron chi connectivity index (χ0n) is 13.0. The number of amides is 2. The second-order valence-electron chi connectivity index (χ2n) is 5.48. The SMILES string of the molecule is C=CC(=O)NCC(=O)N1CCc2[nH]cnc2C1c1ccc(F)cc1. The van der Waals surface area contributed by atoms with Crippen LogP contribution in [0, 0.1) is 5.82 Å². The van der Waals surface area contributed by atoms with Crippen LogP contribution >= 0.6 is 0 Å². The molecule has 0 aliphatic carbocycles. The van der Waals surface area contributed by atoms with Gasteiger partial charge >= 0.3 is 0 Å². The minimum atomic E-state index is -0.409. The highest BCUT2D eigenvalue weighted by molar-refractivity contribution is 5.91. The first-order valence-electron chi connectivity index (χ1n) is 7.57. The van der Waals surface area contributed by atoms with E-state index < -0.39 is 11.9 Å². The van der Waals surface area contributed by atoms with Crippen LogP contribution in [0.2, 0.25) is 0 Å². The van der Waals surface area contributed by atoms with Crippen molar-refractivity contribution in [2.24, 2.45) is 0 Å². The molecule has 1 unspecified atom stereocenters. The molecule has 0 radical (unpaired) electrons. The molecule has 2 amide bonds. The van der Waals surface area contributed by atoms with Crippen LogP contribution in [0.25, 0.3) is 0 Å². The molecule has 3 rings (SSSR count). The molecule has 1 aromatic carbocycles. The van der Waals surface area contributed by atoms with Gasteiger partial charge < -0.3 is 15.2 Å². The van der Waals surface area contributed by atoms with Gasteiger partial charge in [0.05, 0.1) is 18.6 Å². The van der Waals surface area contributed by atoms with E-state index in [2.05, 4.69) is 21.9 Å². The van der Waals surface area contributed by atoms with Gasteiger partial charge in [-0.25, -0.2) is 9.37 Å². The van der Waals surface area contributed by atoms with Gasteiger partial charge in [0, 0.05) is 18.7 Å². The number of hydrogen-bond donors (Lipinski definition) is 2. The Kier molecular flexibility index (Phi) is 4.41. The number of aromatic amines is 1. The van der Waals surface area contributed by atoms with Crippen molar-refractivity contribution in [2.75, 3.05) is 13.1 Å². The summed E-state index contributed by atoms with van der Waals surface area (Å²) in [5.41, 5.74) is 2.48. The molecule has 1 aromatic heterocycles. The van der Waals surface area contributed by atoms with Crippen molar-refractivity contribution in [3.63, 3.8) is 0 Å². The fourth-order valence-corrected chi connectivity index (χ4v) is 2.86. The summed E-state index contributed by atoms with van der Waals surface area (Å²) in [7, 11) is 0. The molecule has 0 fully saturated rings. The number of benzene rings is 1. The zero-order valence-corrected chi connectivity index (χ0v) is 13.0. The number of hydrogen-bond acceptors (Lipinski definition) is 3. The molecule has 2 N–H and O–H groups in total. The fraction of sp³-hybridized carbons (Fsp3) is 0.235. The van der Waals surface area contributed by atoms with Gasteiger partial charge in [0.15, 0.2) is 0 Å². The summed E-state index contributed by atoms with van der Waals surface area (Å²) in [6.07, 6.45) is 3.36. The van der Waals surface area contributed by atoms with Crippen molar-refractivity contribution in [3.8, 4) is 0 Å². The number of rotatable bonds is 4. The van der Waals surface area contributed by atoms with Crippen molar-refractivity contribution in [2.45, 2.75) is 12.5 Å². The highest BCUT2D eigenvalue weighted by Gasteiger charge is 2.33. The van der Waals surface area contributed by atoms with Crippen molar-refractivity contribution in [1.82, 2.24) is 20.2 Å². The van der Waals surface area contributed by atoms with Crippen LogP contribution in [-0.2, 0) is 16.0 Å². The van der Waals surface area contributed by atoms with E-state index in [1.165, 1.54) is 12.1 Å². The minimum Gasteiger partial charge on any atom is -0.348 e. The molecule has 0 spiro atoms. The predicted molar refractivity (Wildman–Crippen MR) is 85.5 cm³/mol. The molecule has 0 saturated heterocycles. The minimum absolute atomic E-state index is 0.123. The molecular formula is C17H17FN4O2. The smallest absolute Gasteiger partial charge is 0.243 e. The molecule has 2 aromatic rings. The number of imidazole rings is 1. The number of carbonyl (C=O) groups is 2. The van der Waals surface area contributed by atoms with Gasteiger partial charge in [-0.2, -0.15) is 0 Å². The Morgan fingerprint density at radius 3 is 2.88 bits per heavy atom. The Hall–Kier alpha value is -2.96. The largest absolute Gasteiger partial charge is 0.348 e. The summed E-state index contributed by atoms with van der Waals surface area (Å²) in [5, 5.41) is 2.49. The van der Waals surface area contributed by atoms with Crippen molar-refractivity contribution in [1.29, 1.82) is 0 Å². The molecule has 1 atom stereocenters. The fourth-order valence-electron chi connectivity index (χ4n) is 2.86. The number of aromatic nitrogens is 2. The van der Waals surface area contributed by atoms with Crippen molar-refractivity contribution < 1.29 is 14.0 Å². The van der Waals surface area contributed by atoms with Crippen molar-refractivity contribution in [3.05, 3.63) is 66.0 Å². The van der Waals surface area contributed by atoms with E-state index in [0.717, 1.165) is 23.0 Å². The summed E-state index contributed by atoms with van der Waals surface area (Å²) in [6, 6.07) is 5.60. The highest BCUT2D eigenvalue weighted by atomic mass is 19.1. The molecular weight excluding hydrogens is 311 g/mol. The molecule has 1 aliphatic heterocycles. The lowest BCUT2D eigenvalue weighted by molar-refractivity contribution is -0.134. The number of H-pyrrole nitrogens is 1. The van der Waals surface area contributed by atoms with E-state index in [-0.39, 0.29) is 18.3 Å². The number of carbonyl (C=O) groups excluding carboxylic acids is 2. The quantitative estimate of drug-likeness (QED) is 0.831. The zero-order chi connectivity index (χ0) is 17.1. The van der Waals surface area contributed by atoms with E-state index in [1.807, 2.05) is 0 Å². The normalized spacial score (nSPS) is 16.4. The van der Waals surface area contributed by atoms with E-state index in [4.69, 9.17) is 0 Å². The number of fused-ring (bicyclic) bond motifs is 1. The molecule has 0 saturated carbocycles. The maximum absolute atomic E-state index is 13.2. The Balaban J connectivity index is 1.90. The lowest BCUT2D eigenvalue weighted by Gasteiger charge is -2.35. The predicted octanol–water partition coefficient (Wildman–Crippen LogP) is 1.33. The molecule has 1 aliphatic rings. The van der Waals surface area contributed by atoms with Crippen LogP contribution < -0.4 is 5.32 Å². The van der Waals surface area contributed by atoms with Gasteiger partial charge in [-0.3, -0.25) is 9.59 Å². The second kappa shape index (κ2) is 6.66. The van der Waals surface area contributed by atoms with Gasteiger partial charge in [-0.05, 0) is 23.8 Å². The number of nitrogens with zero attached hydrogens (tertiary/aromatic N) is 2. The van der Waals surface area contributed by atoms with E-state index >= 15 is 0 Å². The maximum atomic E-state index is 13.2. The topological polar surface area (TPSA) is 78.1 Å². The Bertz CT molecular complexity index is 769. The van der Waals surface area contributed by atoms with Gasteiger partial charge in [0.1, 0.15) is 11.9 Å². The third kappa shape index (κ3) is 3.05. The summed E-state index contributed by atoms with van der Waals surface area (Å²) in [4.78, 5) is 32.9. The number of halogens is 1. The lowest BCUT2D eigenvalue weighted by atomic mass is 9.95. The van der Waals surface area contributed by atoms with Crippen LogP contribution in [0.15, 0.2) is 43.2 Å². The first kappa shape index (κ1) is 15.9. The maximum Gasteiger partial charge on any atom is 0.243 e. The Morgan fingerprint density at radius 2 is 2.17 bits per heavy atom. The third-order valence-corrected chi connectivity index (χ3v) is 4.03. The molecule has 2 heterocycles. The molecule has 6 nitrogen and oxygen atoms in total. The van der Waals surface area contributed by atoms with Gasteiger partial charge in [0.25, 0.3) is 0 Å². The van der Waals surface area contributed by atoms with Crippen LogP contribution in [-0.4, -0.2) is 39.8 Å². The van der Waals surface area contributed by atoms with Gasteiger partial charge in [0.2, 0.25) is 11.8 Å². The Morgan fingerprint density at radius 1 is 1.42 bits per heavy atom. The van der Waals surface area contributed by atoms with Crippen LogP contribution in [0.1, 0.15) is 23.0 Å². The molecule has 0 bridgehead atoms. The molecule has 124 valence electrons. The summed E-state index contributed by atoms with van der Waals surface area (Å²) in [6.45, 7) is 3.72. The third-order valence-electron chi connectivity index (χ3n) is 4.03. The average Bonchev–Trinajstić information content (AvgIpc) is 3.08. The standard InChI is InChI=1S/C17H17FN4O2/c1-2-14(23)19-9-15(24)22-8-7-13-16(21-10-20-13)17(22)11-3-5-12(18)6-4-11/h2-6,10,17H,1,7-9H2,(H,19,23)(H,20,21). The molecule has 24 heavy (non-hydrogen) atoms. The highest BCUT2D eigenvalue weighted by Crippen LogP contribution is 2.33. The van der Waals surface area contributed by atoms with Crippen molar-refractivity contribution >= 4 is 11.8 Å². The van der Waals surface area contributed by atoms with Crippen LogP contribution in [0.5, 0.6) is 0 Å². The molecule has 7 heteroatoms. The van der Waals surface area contributed by atoms with Gasteiger partial charge in [-0.1, -0.05) is 18.7 Å². The van der Waals surface area contributed by atoms with E-state index in [1.54, 1.807) is 23.4 Å². The summed E-state index contributed by atoms with van der Waals surface area (Å²) in [5.74, 6) is -0.972. The second-order valence-corrected chi connectivity index (χ2v) is 5.48. The van der Waals surface area contributed by atoms with Crippen LogP contribution in [0.3, 0.4) is 0 Å². The first-order valence-corrected chi connectivity index (χ1v) is 7.57. The summed E-state index contributed by atoms with van der Waals surface area (Å²) >= 11 is 0. The average molecular weight is 328 g/mol. The van der Waals surface area contributed by atoms with Gasteiger partial charge in [-0.15, -0.1) is 0 Å². The Labute approximate surface area is 138 Å². The lowest BCUT2D eigenvalue weighted by Crippen LogP contribution is -2.45. The number of nitrogens with one attached hydrogen (secondary N) is 2. The first-order chi connectivity index (χ1) is 11.6.